The average Bonchev–Trinajstić information content (AvgIpc) is 2.46. The van der Waals surface area contributed by atoms with Crippen molar-refractivity contribution in [1.29, 1.82) is 0 Å². The molecule has 0 amide bonds. The molecule has 0 saturated heterocycles. The van der Waals surface area contributed by atoms with Crippen LogP contribution < -0.4 is 4.72 Å². The molecule has 19 heavy (non-hydrogen) atoms. The van der Waals surface area contributed by atoms with Crippen LogP contribution in [0.4, 0.5) is 0 Å². The van der Waals surface area contributed by atoms with Crippen molar-refractivity contribution >= 4 is 17.3 Å². The zero-order chi connectivity index (χ0) is 13.7. The summed E-state index contributed by atoms with van der Waals surface area (Å²) in [5.41, 5.74) is 1.91. The lowest BCUT2D eigenvalue weighted by Gasteiger charge is -2.12. The number of carbonyl (C=O) groups is 1. The Labute approximate surface area is 115 Å². The molecule has 2 rings (SSSR count). The molecule has 2 atom stereocenters. The minimum Gasteiger partial charge on any atom is -0.301 e. The maximum absolute atomic E-state index is 12.1. The molecule has 0 aliphatic carbocycles. The van der Waals surface area contributed by atoms with E-state index in [2.05, 4.69) is 4.72 Å². The van der Waals surface area contributed by atoms with Gasteiger partial charge in [0.25, 0.3) is 0 Å². The lowest BCUT2D eigenvalue weighted by molar-refractivity contribution is -0.109. The van der Waals surface area contributed by atoms with Crippen LogP contribution in [0.15, 0.2) is 59.5 Å². The van der Waals surface area contributed by atoms with Gasteiger partial charge in [-0.1, -0.05) is 48.0 Å². The van der Waals surface area contributed by atoms with Crippen molar-refractivity contribution in [3.05, 3.63) is 65.7 Å². The number of rotatable bonds is 5. The highest BCUT2D eigenvalue weighted by molar-refractivity contribution is 7.83. The number of aldehydes is 1. The third-order valence-corrected chi connectivity index (χ3v) is 3.93. The van der Waals surface area contributed by atoms with Gasteiger partial charge in [-0.25, -0.2) is 8.93 Å². The van der Waals surface area contributed by atoms with Gasteiger partial charge in [0, 0.05) is 0 Å². The van der Waals surface area contributed by atoms with Gasteiger partial charge in [0.05, 0.1) is 4.90 Å². The Hall–Kier alpha value is -1.78. The first kappa shape index (κ1) is 13.6. The van der Waals surface area contributed by atoms with Gasteiger partial charge in [-0.05, 0) is 24.6 Å². The summed E-state index contributed by atoms with van der Waals surface area (Å²) < 4.78 is 15.0. The smallest absolute Gasteiger partial charge is 0.142 e. The molecule has 0 aliphatic rings. The molecule has 0 aromatic heterocycles. The first-order valence-corrected chi connectivity index (χ1v) is 7.10. The summed E-state index contributed by atoms with van der Waals surface area (Å²) in [6.07, 6.45) is 0.765. The summed E-state index contributed by atoms with van der Waals surface area (Å²) in [6.45, 7) is 1.97. The van der Waals surface area contributed by atoms with Crippen molar-refractivity contribution in [2.75, 3.05) is 0 Å². The van der Waals surface area contributed by atoms with Crippen LogP contribution in [0.3, 0.4) is 0 Å². The Morgan fingerprint density at radius 2 is 1.68 bits per heavy atom. The van der Waals surface area contributed by atoms with Gasteiger partial charge in [-0.3, -0.25) is 0 Å². The van der Waals surface area contributed by atoms with Gasteiger partial charge in [0.15, 0.2) is 0 Å². The summed E-state index contributed by atoms with van der Waals surface area (Å²) in [4.78, 5) is 11.8. The van der Waals surface area contributed by atoms with Crippen LogP contribution in [0.1, 0.15) is 17.2 Å². The molecule has 0 heterocycles. The highest BCUT2D eigenvalue weighted by Crippen LogP contribution is 2.13. The number of carbonyl (C=O) groups excluding carboxylic acids is 1. The summed E-state index contributed by atoms with van der Waals surface area (Å²) in [5.74, 6) is 0. The molecule has 4 heteroatoms. The maximum atomic E-state index is 12.1. The van der Waals surface area contributed by atoms with Gasteiger partial charge in [0.2, 0.25) is 0 Å². The van der Waals surface area contributed by atoms with Gasteiger partial charge in [-0.15, -0.1) is 0 Å². The average molecular weight is 273 g/mol. The lowest BCUT2D eigenvalue weighted by Crippen LogP contribution is -2.24. The Morgan fingerprint density at radius 3 is 2.26 bits per heavy atom. The Morgan fingerprint density at radius 1 is 1.05 bits per heavy atom. The fourth-order valence-corrected chi connectivity index (χ4v) is 2.62. The number of aryl methyl sites for hydroxylation is 1. The predicted octanol–water partition coefficient (Wildman–Crippen LogP) is 2.55. The van der Waals surface area contributed by atoms with Crippen LogP contribution >= 0.6 is 0 Å². The number of nitrogens with one attached hydrogen (secondary N) is 1. The largest absolute Gasteiger partial charge is 0.301 e. The lowest BCUT2D eigenvalue weighted by atomic mass is 10.1. The second-order valence-electron chi connectivity index (χ2n) is 4.22. The molecular weight excluding hydrogens is 258 g/mol. The van der Waals surface area contributed by atoms with Gasteiger partial charge < -0.3 is 4.79 Å². The van der Waals surface area contributed by atoms with Crippen LogP contribution in [0.2, 0.25) is 0 Å². The molecule has 0 aliphatic heterocycles. The summed E-state index contributed by atoms with van der Waals surface area (Å²) in [7, 11) is -1.40. The van der Waals surface area contributed by atoms with Crippen molar-refractivity contribution < 1.29 is 9.00 Å². The Bertz CT molecular complexity index is 566. The summed E-state index contributed by atoms with van der Waals surface area (Å²) >= 11 is 0. The van der Waals surface area contributed by atoms with Crippen molar-refractivity contribution in [1.82, 2.24) is 4.72 Å². The van der Waals surface area contributed by atoms with E-state index in [9.17, 15) is 9.00 Å². The topological polar surface area (TPSA) is 46.2 Å². The molecule has 3 nitrogen and oxygen atoms in total. The van der Waals surface area contributed by atoms with E-state index < -0.39 is 17.0 Å². The van der Waals surface area contributed by atoms with Crippen molar-refractivity contribution in [3.8, 4) is 0 Å². The Balaban J connectivity index is 2.13. The van der Waals surface area contributed by atoms with E-state index in [0.717, 1.165) is 17.4 Å². The van der Waals surface area contributed by atoms with Crippen LogP contribution in [-0.4, -0.2) is 10.5 Å². The van der Waals surface area contributed by atoms with Crippen LogP contribution in [-0.2, 0) is 15.8 Å². The van der Waals surface area contributed by atoms with Crippen molar-refractivity contribution in [2.24, 2.45) is 0 Å². The van der Waals surface area contributed by atoms with Gasteiger partial charge >= 0.3 is 0 Å². The molecule has 1 N–H and O–H groups in total. The van der Waals surface area contributed by atoms with E-state index in [1.807, 2.05) is 49.4 Å². The van der Waals surface area contributed by atoms with Gasteiger partial charge in [-0.2, -0.15) is 0 Å². The predicted molar refractivity (Wildman–Crippen MR) is 76.0 cm³/mol. The highest BCUT2D eigenvalue weighted by atomic mass is 32.2. The molecule has 1 unspecified atom stereocenters. The minimum absolute atomic E-state index is 0.566. The second kappa shape index (κ2) is 6.41. The SMILES string of the molecule is Cc1ccc(S(=O)N[C@H](C=O)c2ccccc2)cc1. The van der Waals surface area contributed by atoms with E-state index in [-0.39, 0.29) is 0 Å². The molecule has 2 aromatic carbocycles. The normalized spacial score (nSPS) is 13.7. The second-order valence-corrected chi connectivity index (χ2v) is 5.47. The first-order chi connectivity index (χ1) is 9.20. The maximum Gasteiger partial charge on any atom is 0.142 e. The third-order valence-electron chi connectivity index (χ3n) is 2.76. The van der Waals surface area contributed by atoms with Crippen LogP contribution in [0.25, 0.3) is 0 Å². The molecule has 0 saturated carbocycles. The molecule has 98 valence electrons. The van der Waals surface area contributed by atoms with Crippen LogP contribution in [0, 0.1) is 6.92 Å². The van der Waals surface area contributed by atoms with E-state index >= 15 is 0 Å². The fourth-order valence-electron chi connectivity index (χ4n) is 1.68. The van der Waals surface area contributed by atoms with Gasteiger partial charge in [0.1, 0.15) is 23.3 Å². The van der Waals surface area contributed by atoms with E-state index in [0.29, 0.717) is 4.90 Å². The summed E-state index contributed by atoms with van der Waals surface area (Å²) in [5, 5.41) is 0. The first-order valence-electron chi connectivity index (χ1n) is 5.95. The molecule has 0 fully saturated rings. The van der Waals surface area contributed by atoms with Crippen molar-refractivity contribution in [3.63, 3.8) is 0 Å². The third kappa shape index (κ3) is 3.59. The molecule has 2 aromatic rings. The zero-order valence-electron chi connectivity index (χ0n) is 10.6. The van der Waals surface area contributed by atoms with Crippen molar-refractivity contribution in [2.45, 2.75) is 17.9 Å². The zero-order valence-corrected chi connectivity index (χ0v) is 11.4. The number of benzene rings is 2. The summed E-state index contributed by atoms with van der Waals surface area (Å²) in [6, 6.07) is 16.1. The standard InChI is InChI=1S/C15H15NO2S/c1-12-7-9-14(10-8-12)19(18)16-15(11-17)13-5-3-2-4-6-13/h2-11,15-16H,1H3/t15-,19?/m1/s1. The molecule has 0 bridgehead atoms. The fraction of sp³-hybridized carbons (Fsp3) is 0.133. The monoisotopic (exact) mass is 273 g/mol. The highest BCUT2D eigenvalue weighted by Gasteiger charge is 2.13. The quantitative estimate of drug-likeness (QED) is 0.851. The minimum atomic E-state index is -1.40. The van der Waals surface area contributed by atoms with Crippen LogP contribution in [0.5, 0.6) is 0 Å². The molecular formula is C15H15NO2S. The molecule has 0 radical (unpaired) electrons. The molecule has 0 spiro atoms. The Kier molecular flexibility index (Phi) is 4.60. The number of hydrogen-bond acceptors (Lipinski definition) is 2. The van der Waals surface area contributed by atoms with E-state index in [1.165, 1.54) is 0 Å². The van der Waals surface area contributed by atoms with E-state index in [4.69, 9.17) is 0 Å². The van der Waals surface area contributed by atoms with E-state index in [1.54, 1.807) is 12.1 Å². The number of hydrogen-bond donors (Lipinski definition) is 1.